The first-order chi connectivity index (χ1) is 23.6. The molecule has 0 aliphatic carbocycles. The summed E-state index contributed by atoms with van der Waals surface area (Å²) in [6, 6.07) is 20.0. The SMILES string of the molecule is COc1ccc(Cl)cc1N(CC(=O)N(Cc1c(Cl)cccc1Cl)C(Cc1ccccc1)C(=O)NC(C)C)S(=O)(=O)c1ccc(C)c([N+](=O)[O-])c1. The zero-order valence-electron chi connectivity index (χ0n) is 27.6. The van der Waals surface area contributed by atoms with Crippen LogP contribution < -0.4 is 14.4 Å². The third kappa shape index (κ3) is 9.05. The van der Waals surface area contributed by atoms with E-state index in [0.717, 1.165) is 15.9 Å². The Kier molecular flexibility index (Phi) is 12.7. The summed E-state index contributed by atoms with van der Waals surface area (Å²) < 4.78 is 35.2. The third-order valence-electron chi connectivity index (χ3n) is 7.75. The lowest BCUT2D eigenvalue weighted by Gasteiger charge is -2.34. The van der Waals surface area contributed by atoms with Gasteiger partial charge in [0.15, 0.2) is 0 Å². The first-order valence-electron chi connectivity index (χ1n) is 15.3. The molecule has 0 saturated carbocycles. The molecular weight excluding hydrogens is 727 g/mol. The van der Waals surface area contributed by atoms with E-state index >= 15 is 0 Å². The molecule has 0 aliphatic rings. The molecule has 0 radical (unpaired) electrons. The second-order valence-electron chi connectivity index (χ2n) is 11.6. The van der Waals surface area contributed by atoms with Gasteiger partial charge in [-0.25, -0.2) is 8.42 Å². The maximum atomic E-state index is 14.7. The van der Waals surface area contributed by atoms with Gasteiger partial charge < -0.3 is 15.0 Å². The largest absolute Gasteiger partial charge is 0.495 e. The summed E-state index contributed by atoms with van der Waals surface area (Å²) in [5, 5.41) is 15.2. The molecule has 1 unspecified atom stereocenters. The van der Waals surface area contributed by atoms with Gasteiger partial charge in [-0.3, -0.25) is 24.0 Å². The highest BCUT2D eigenvalue weighted by molar-refractivity contribution is 7.92. The summed E-state index contributed by atoms with van der Waals surface area (Å²) in [7, 11) is -3.41. The average Bonchev–Trinajstić information content (AvgIpc) is 3.06. The van der Waals surface area contributed by atoms with Crippen molar-refractivity contribution in [2.45, 2.75) is 50.7 Å². The van der Waals surface area contributed by atoms with Gasteiger partial charge in [-0.15, -0.1) is 0 Å². The molecule has 15 heteroatoms. The van der Waals surface area contributed by atoms with Crippen LogP contribution in [0.4, 0.5) is 11.4 Å². The number of methoxy groups -OCH3 is 1. The predicted molar refractivity (Wildman–Crippen MR) is 195 cm³/mol. The van der Waals surface area contributed by atoms with E-state index in [1.54, 1.807) is 56.3 Å². The number of hydrogen-bond donors (Lipinski definition) is 1. The standard InChI is InChI=1S/C35H35Cl3N4O7S/c1-22(2)39-35(44)32(17-24-9-6-5-7-10-24)40(20-27-28(37)11-8-12-29(27)38)34(43)21-41(31-18-25(36)14-16-33(31)49-4)50(47,48)26-15-13-23(3)30(19-26)42(45)46/h5-16,18-19,22,32H,17,20-21H2,1-4H3,(H,39,44). The highest BCUT2D eigenvalue weighted by Gasteiger charge is 2.37. The van der Waals surface area contributed by atoms with Crippen LogP contribution in [0.1, 0.15) is 30.5 Å². The molecule has 4 rings (SSSR count). The Bertz CT molecular complexity index is 1980. The van der Waals surface area contributed by atoms with E-state index in [9.17, 15) is 28.1 Å². The molecule has 0 bridgehead atoms. The Morgan fingerprint density at radius 3 is 2.20 bits per heavy atom. The molecule has 2 amide bonds. The molecule has 264 valence electrons. The monoisotopic (exact) mass is 760 g/mol. The Hall–Kier alpha value is -4.36. The van der Waals surface area contributed by atoms with Crippen molar-refractivity contribution in [1.29, 1.82) is 0 Å². The molecule has 0 heterocycles. The highest BCUT2D eigenvalue weighted by Crippen LogP contribution is 2.36. The lowest BCUT2D eigenvalue weighted by atomic mass is 10.0. The van der Waals surface area contributed by atoms with Gasteiger partial charge in [-0.1, -0.05) is 77.3 Å². The van der Waals surface area contributed by atoms with Crippen LogP contribution in [-0.4, -0.2) is 55.8 Å². The molecule has 0 aromatic heterocycles. The first-order valence-corrected chi connectivity index (χ1v) is 17.9. The Balaban J connectivity index is 1.93. The van der Waals surface area contributed by atoms with Crippen molar-refractivity contribution in [2.75, 3.05) is 18.0 Å². The van der Waals surface area contributed by atoms with Crippen molar-refractivity contribution in [3.63, 3.8) is 0 Å². The summed E-state index contributed by atoms with van der Waals surface area (Å²) in [4.78, 5) is 40.5. The van der Waals surface area contributed by atoms with E-state index < -0.39 is 49.9 Å². The number of aryl methyl sites for hydroxylation is 1. The molecule has 0 fully saturated rings. The first kappa shape index (κ1) is 38.4. The molecule has 11 nitrogen and oxygen atoms in total. The van der Waals surface area contributed by atoms with Gasteiger partial charge in [0.25, 0.3) is 15.7 Å². The zero-order valence-corrected chi connectivity index (χ0v) is 30.7. The van der Waals surface area contributed by atoms with Crippen LogP contribution in [0.25, 0.3) is 0 Å². The van der Waals surface area contributed by atoms with Gasteiger partial charge in [0.05, 0.1) is 22.6 Å². The number of halogens is 3. The van der Waals surface area contributed by atoms with Crippen molar-refractivity contribution in [1.82, 2.24) is 10.2 Å². The van der Waals surface area contributed by atoms with Crippen LogP contribution in [0.2, 0.25) is 15.1 Å². The second kappa shape index (κ2) is 16.6. The summed E-state index contributed by atoms with van der Waals surface area (Å²) in [6.07, 6.45) is 0.0601. The van der Waals surface area contributed by atoms with E-state index in [4.69, 9.17) is 39.5 Å². The number of nitro benzene ring substituents is 1. The number of hydrogen-bond acceptors (Lipinski definition) is 7. The number of sulfonamides is 1. The maximum Gasteiger partial charge on any atom is 0.273 e. The van der Waals surface area contributed by atoms with Gasteiger partial charge >= 0.3 is 0 Å². The van der Waals surface area contributed by atoms with E-state index in [1.165, 1.54) is 49.3 Å². The van der Waals surface area contributed by atoms with Crippen LogP contribution in [0.5, 0.6) is 5.75 Å². The number of nitro groups is 1. The normalized spacial score (nSPS) is 11.9. The molecule has 4 aromatic carbocycles. The molecule has 0 aliphatic heterocycles. The lowest BCUT2D eigenvalue weighted by Crippen LogP contribution is -2.54. The minimum absolute atomic E-state index is 0.0477. The number of rotatable bonds is 14. The van der Waals surface area contributed by atoms with Gasteiger partial charge in [-0.05, 0) is 62.7 Å². The third-order valence-corrected chi connectivity index (χ3v) is 10.4. The quantitative estimate of drug-likeness (QED) is 0.106. The van der Waals surface area contributed by atoms with Gasteiger partial charge in [0.1, 0.15) is 18.3 Å². The number of ether oxygens (including phenoxy) is 1. The molecule has 50 heavy (non-hydrogen) atoms. The van der Waals surface area contributed by atoms with Crippen LogP contribution in [0, 0.1) is 17.0 Å². The van der Waals surface area contributed by atoms with Crippen molar-refractivity contribution in [3.05, 3.63) is 127 Å². The highest BCUT2D eigenvalue weighted by atomic mass is 35.5. The number of carbonyl (C=O) groups excluding carboxylic acids is 2. The van der Waals surface area contributed by atoms with E-state index in [0.29, 0.717) is 5.56 Å². The molecule has 1 N–H and O–H groups in total. The second-order valence-corrected chi connectivity index (χ2v) is 14.7. The molecule has 1 atom stereocenters. The van der Waals surface area contributed by atoms with Crippen molar-refractivity contribution >= 4 is 68.0 Å². The summed E-state index contributed by atoms with van der Waals surface area (Å²) >= 11 is 19.4. The topological polar surface area (TPSA) is 139 Å². The minimum Gasteiger partial charge on any atom is -0.495 e. The Morgan fingerprint density at radius 2 is 1.60 bits per heavy atom. The fourth-order valence-corrected chi connectivity index (χ4v) is 7.35. The van der Waals surface area contributed by atoms with Crippen molar-refractivity contribution in [3.8, 4) is 5.75 Å². The molecule has 4 aromatic rings. The maximum absolute atomic E-state index is 14.7. The lowest BCUT2D eigenvalue weighted by molar-refractivity contribution is -0.385. The molecular formula is C35H35Cl3N4O7S. The van der Waals surface area contributed by atoms with E-state index in [1.807, 2.05) is 6.07 Å². The molecule has 0 saturated heterocycles. The van der Waals surface area contributed by atoms with Crippen LogP contribution in [0.3, 0.4) is 0 Å². The Morgan fingerprint density at radius 1 is 0.940 bits per heavy atom. The number of amides is 2. The fourth-order valence-electron chi connectivity index (χ4n) is 5.23. The van der Waals surface area contributed by atoms with E-state index in [-0.39, 0.29) is 51.1 Å². The number of carbonyl (C=O) groups is 2. The number of nitrogens with zero attached hydrogens (tertiary/aromatic N) is 3. The average molecular weight is 762 g/mol. The van der Waals surface area contributed by atoms with Crippen LogP contribution in [0.15, 0.2) is 89.8 Å². The Labute approximate surface area is 305 Å². The van der Waals surface area contributed by atoms with Crippen LogP contribution >= 0.6 is 34.8 Å². The van der Waals surface area contributed by atoms with Crippen molar-refractivity contribution < 1.29 is 27.7 Å². The van der Waals surface area contributed by atoms with Crippen LogP contribution in [-0.2, 0) is 32.6 Å². The van der Waals surface area contributed by atoms with Gasteiger partial charge in [0, 0.05) is 51.3 Å². The number of nitrogens with one attached hydrogen (secondary N) is 1. The number of benzene rings is 4. The minimum atomic E-state index is -4.73. The fraction of sp³-hybridized carbons (Fsp3) is 0.257. The summed E-state index contributed by atoms with van der Waals surface area (Å²) in [5.41, 5.74) is 0.757. The zero-order chi connectivity index (χ0) is 36.7. The van der Waals surface area contributed by atoms with Crippen molar-refractivity contribution in [2.24, 2.45) is 0 Å². The van der Waals surface area contributed by atoms with E-state index in [2.05, 4.69) is 5.32 Å². The predicted octanol–water partition coefficient (Wildman–Crippen LogP) is 7.23. The van der Waals surface area contributed by atoms with Gasteiger partial charge in [-0.2, -0.15) is 0 Å². The summed E-state index contributed by atoms with van der Waals surface area (Å²) in [5.74, 6) is -1.26. The number of anilines is 1. The summed E-state index contributed by atoms with van der Waals surface area (Å²) in [6.45, 7) is 3.88. The van der Waals surface area contributed by atoms with Gasteiger partial charge in [0.2, 0.25) is 11.8 Å². The molecule has 0 spiro atoms. The smallest absolute Gasteiger partial charge is 0.273 e.